The van der Waals surface area contributed by atoms with Crippen molar-refractivity contribution in [3.8, 4) is 0 Å². The van der Waals surface area contributed by atoms with Crippen LogP contribution in [-0.4, -0.2) is 49.7 Å². The van der Waals surface area contributed by atoms with E-state index in [-0.39, 0.29) is 0 Å². The van der Waals surface area contributed by atoms with Gasteiger partial charge < -0.3 is 10.2 Å². The minimum absolute atomic E-state index is 0.510. The van der Waals surface area contributed by atoms with Gasteiger partial charge in [0.05, 0.1) is 18.2 Å². The summed E-state index contributed by atoms with van der Waals surface area (Å²) in [4.78, 5) is 2.19. The number of hydrogen-bond donors (Lipinski definition) is 2. The monoisotopic (exact) mass is 301 g/mol. The summed E-state index contributed by atoms with van der Waals surface area (Å²) in [6.07, 6.45) is 3.65. The molecule has 0 bridgehead atoms. The molecule has 0 spiro atoms. The van der Waals surface area contributed by atoms with E-state index in [1.54, 1.807) is 13.1 Å². The quantitative estimate of drug-likeness (QED) is 0.892. The van der Waals surface area contributed by atoms with E-state index in [1.165, 1.54) is 11.1 Å². The second-order valence-electron chi connectivity index (χ2n) is 6.38. The molecule has 118 valence electrons. The lowest BCUT2D eigenvalue weighted by atomic mass is 9.90. The lowest BCUT2D eigenvalue weighted by Gasteiger charge is -2.40. The highest BCUT2D eigenvalue weighted by molar-refractivity contribution is 5.23. The van der Waals surface area contributed by atoms with Crippen LogP contribution in [0.3, 0.4) is 0 Å². The molecule has 5 heteroatoms. The molecule has 22 heavy (non-hydrogen) atoms. The third-order valence-corrected chi connectivity index (χ3v) is 4.38. The molecule has 2 N–H and O–H groups in total. The van der Waals surface area contributed by atoms with Crippen LogP contribution in [0, 0.1) is 0 Å². The van der Waals surface area contributed by atoms with Gasteiger partial charge in [0, 0.05) is 32.0 Å². The topological polar surface area (TPSA) is 61.5 Å². The second kappa shape index (κ2) is 6.20. The highest BCUT2D eigenvalue weighted by Gasteiger charge is 2.36. The van der Waals surface area contributed by atoms with Crippen LogP contribution in [-0.2, 0) is 13.1 Å². The lowest BCUT2D eigenvalue weighted by Crippen LogP contribution is -2.53. The standard InChI is InChI=1S/C17H23N3O2/c1-17(22)6-9-19(13-16(17)21)11-14-4-2-5-15(10-14)12-20-8-3-7-18-20/h2-5,7-8,10,16,21-22H,6,9,11-13H2,1H3/t16-,17-/m1/s1. The van der Waals surface area contributed by atoms with E-state index < -0.39 is 11.7 Å². The van der Waals surface area contributed by atoms with Gasteiger partial charge in [0.25, 0.3) is 0 Å². The first-order valence-corrected chi connectivity index (χ1v) is 7.71. The summed E-state index contributed by atoms with van der Waals surface area (Å²) in [5.41, 5.74) is 1.47. The molecule has 2 heterocycles. The van der Waals surface area contributed by atoms with Crippen molar-refractivity contribution in [2.75, 3.05) is 13.1 Å². The molecule has 0 unspecified atom stereocenters. The zero-order valence-corrected chi connectivity index (χ0v) is 12.9. The summed E-state index contributed by atoms with van der Waals surface area (Å²) in [5, 5.41) is 24.3. The van der Waals surface area contributed by atoms with Crippen molar-refractivity contribution in [2.24, 2.45) is 0 Å². The number of piperidine rings is 1. The molecule has 1 fully saturated rings. The van der Waals surface area contributed by atoms with Crippen LogP contribution in [0.25, 0.3) is 0 Å². The van der Waals surface area contributed by atoms with Crippen LogP contribution in [0.1, 0.15) is 24.5 Å². The Morgan fingerprint density at radius 1 is 1.27 bits per heavy atom. The van der Waals surface area contributed by atoms with Crippen molar-refractivity contribution >= 4 is 0 Å². The van der Waals surface area contributed by atoms with Crippen LogP contribution in [0.15, 0.2) is 42.7 Å². The SMILES string of the molecule is C[C@@]1(O)CCN(Cc2cccc(Cn3cccn3)c2)C[C@H]1O. The number of aliphatic hydroxyl groups excluding tert-OH is 1. The van der Waals surface area contributed by atoms with Crippen molar-refractivity contribution in [1.82, 2.24) is 14.7 Å². The molecule has 1 aromatic carbocycles. The van der Waals surface area contributed by atoms with Gasteiger partial charge in [-0.2, -0.15) is 5.10 Å². The number of hydrogen-bond acceptors (Lipinski definition) is 4. The van der Waals surface area contributed by atoms with Gasteiger partial charge in [0.15, 0.2) is 0 Å². The Balaban J connectivity index is 1.63. The van der Waals surface area contributed by atoms with Crippen LogP contribution in [0.2, 0.25) is 0 Å². The van der Waals surface area contributed by atoms with Crippen molar-refractivity contribution < 1.29 is 10.2 Å². The van der Waals surface area contributed by atoms with Gasteiger partial charge in [-0.1, -0.05) is 24.3 Å². The first kappa shape index (κ1) is 15.2. The fraction of sp³-hybridized carbons (Fsp3) is 0.471. The molecule has 1 aliphatic rings. The van der Waals surface area contributed by atoms with Crippen molar-refractivity contribution in [3.63, 3.8) is 0 Å². The maximum absolute atomic E-state index is 10.0. The molecule has 1 saturated heterocycles. The van der Waals surface area contributed by atoms with Crippen molar-refractivity contribution in [3.05, 3.63) is 53.9 Å². The Morgan fingerprint density at radius 3 is 2.73 bits per heavy atom. The molecule has 0 aliphatic carbocycles. The smallest absolute Gasteiger partial charge is 0.0951 e. The van der Waals surface area contributed by atoms with Gasteiger partial charge in [0.2, 0.25) is 0 Å². The lowest BCUT2D eigenvalue weighted by molar-refractivity contribution is -0.108. The molecule has 0 radical (unpaired) electrons. The van der Waals surface area contributed by atoms with E-state index in [1.807, 2.05) is 16.9 Å². The molecule has 2 atom stereocenters. The molecule has 3 rings (SSSR count). The van der Waals surface area contributed by atoms with Gasteiger partial charge >= 0.3 is 0 Å². The van der Waals surface area contributed by atoms with E-state index in [2.05, 4.69) is 34.3 Å². The number of rotatable bonds is 4. The summed E-state index contributed by atoms with van der Waals surface area (Å²) in [6.45, 7) is 4.57. The molecule has 5 nitrogen and oxygen atoms in total. The number of likely N-dealkylation sites (tertiary alicyclic amines) is 1. The number of nitrogens with zero attached hydrogens (tertiary/aromatic N) is 3. The number of aliphatic hydroxyl groups is 2. The maximum Gasteiger partial charge on any atom is 0.0951 e. The summed E-state index contributed by atoms with van der Waals surface area (Å²) >= 11 is 0. The molecule has 1 aliphatic heterocycles. The first-order chi connectivity index (χ1) is 10.5. The summed E-state index contributed by atoms with van der Waals surface area (Å²) in [5.74, 6) is 0. The number of aromatic nitrogens is 2. The second-order valence-corrected chi connectivity index (χ2v) is 6.38. The highest BCUT2D eigenvalue weighted by atomic mass is 16.3. The van der Waals surface area contributed by atoms with E-state index in [0.717, 1.165) is 19.6 Å². The van der Waals surface area contributed by atoms with Gasteiger partial charge in [0.1, 0.15) is 0 Å². The zero-order valence-electron chi connectivity index (χ0n) is 12.9. The molecular formula is C17H23N3O2. The third-order valence-electron chi connectivity index (χ3n) is 4.38. The average Bonchev–Trinajstić information content (AvgIpc) is 2.97. The Hall–Kier alpha value is -1.69. The van der Waals surface area contributed by atoms with Gasteiger partial charge in [-0.05, 0) is 30.5 Å². The van der Waals surface area contributed by atoms with Crippen LogP contribution >= 0.6 is 0 Å². The van der Waals surface area contributed by atoms with Crippen molar-refractivity contribution in [2.45, 2.75) is 38.1 Å². The summed E-state index contributed by atoms with van der Waals surface area (Å²) in [6, 6.07) is 10.4. The molecular weight excluding hydrogens is 278 g/mol. The minimum Gasteiger partial charge on any atom is -0.389 e. The van der Waals surface area contributed by atoms with E-state index in [4.69, 9.17) is 0 Å². The predicted molar refractivity (Wildman–Crippen MR) is 84.3 cm³/mol. The minimum atomic E-state index is -0.960. The van der Waals surface area contributed by atoms with Gasteiger partial charge in [-0.15, -0.1) is 0 Å². The Labute approximate surface area is 130 Å². The summed E-state index contributed by atoms with van der Waals surface area (Å²) < 4.78 is 1.90. The summed E-state index contributed by atoms with van der Waals surface area (Å²) in [7, 11) is 0. The zero-order chi connectivity index (χ0) is 15.6. The third kappa shape index (κ3) is 3.55. The average molecular weight is 301 g/mol. The highest BCUT2D eigenvalue weighted by Crippen LogP contribution is 2.23. The van der Waals surface area contributed by atoms with Crippen LogP contribution in [0.5, 0.6) is 0 Å². The van der Waals surface area contributed by atoms with E-state index in [9.17, 15) is 10.2 Å². The van der Waals surface area contributed by atoms with Gasteiger partial charge in [-0.3, -0.25) is 9.58 Å². The van der Waals surface area contributed by atoms with Crippen LogP contribution in [0.4, 0.5) is 0 Å². The largest absolute Gasteiger partial charge is 0.389 e. The first-order valence-electron chi connectivity index (χ1n) is 7.71. The van der Waals surface area contributed by atoms with Crippen molar-refractivity contribution in [1.29, 1.82) is 0 Å². The fourth-order valence-electron chi connectivity index (χ4n) is 2.89. The maximum atomic E-state index is 10.0. The van der Waals surface area contributed by atoms with E-state index in [0.29, 0.717) is 13.0 Å². The molecule has 0 amide bonds. The predicted octanol–water partition coefficient (Wildman–Crippen LogP) is 1.25. The normalized spacial score (nSPS) is 26.2. The van der Waals surface area contributed by atoms with E-state index >= 15 is 0 Å². The number of β-amino-alcohol motifs (C(OH)–C–C–N with tert-alkyl or cyclic N) is 1. The Bertz CT molecular complexity index is 610. The molecule has 0 saturated carbocycles. The van der Waals surface area contributed by atoms with Crippen LogP contribution < -0.4 is 0 Å². The molecule has 1 aromatic heterocycles. The molecule has 2 aromatic rings. The Kier molecular flexibility index (Phi) is 4.29. The van der Waals surface area contributed by atoms with Gasteiger partial charge in [-0.25, -0.2) is 0 Å². The number of benzene rings is 1. The Morgan fingerprint density at radius 2 is 2.05 bits per heavy atom. The fourth-order valence-corrected chi connectivity index (χ4v) is 2.89.